The highest BCUT2D eigenvalue weighted by molar-refractivity contribution is 5.54. The molecule has 1 aromatic rings. The summed E-state index contributed by atoms with van der Waals surface area (Å²) in [5.74, 6) is 1.76. The van der Waals surface area contributed by atoms with E-state index in [9.17, 15) is 0 Å². The Hall–Kier alpha value is -1.04. The lowest BCUT2D eigenvalue weighted by Gasteiger charge is -2.29. The molecule has 0 heteroatoms. The second-order valence-electron chi connectivity index (χ2n) is 6.03. The average molecular weight is 256 g/mol. The van der Waals surface area contributed by atoms with Crippen molar-refractivity contribution in [2.75, 3.05) is 0 Å². The summed E-state index contributed by atoms with van der Waals surface area (Å²) in [6.07, 6.45) is 11.5. The lowest BCUT2D eigenvalue weighted by atomic mass is 9.76. The molecule has 1 aliphatic rings. The first kappa shape index (κ1) is 14.4. The Morgan fingerprint density at radius 3 is 2.47 bits per heavy atom. The summed E-state index contributed by atoms with van der Waals surface area (Å²) in [4.78, 5) is 0. The van der Waals surface area contributed by atoms with Gasteiger partial charge in [-0.25, -0.2) is 0 Å². The van der Waals surface area contributed by atoms with Crippen LogP contribution in [0.2, 0.25) is 0 Å². The van der Waals surface area contributed by atoms with Gasteiger partial charge in [0.05, 0.1) is 0 Å². The Labute approximate surface area is 118 Å². The van der Waals surface area contributed by atoms with Crippen LogP contribution in [0.15, 0.2) is 24.8 Å². The zero-order valence-corrected chi connectivity index (χ0v) is 12.6. The summed E-state index contributed by atoms with van der Waals surface area (Å²) in [5, 5.41) is 0. The molecule has 1 aliphatic carbocycles. The fourth-order valence-corrected chi connectivity index (χ4v) is 3.56. The van der Waals surface area contributed by atoms with Crippen molar-refractivity contribution < 1.29 is 0 Å². The van der Waals surface area contributed by atoms with E-state index in [0.717, 1.165) is 18.3 Å². The van der Waals surface area contributed by atoms with Gasteiger partial charge in [0.2, 0.25) is 0 Å². The highest BCUT2D eigenvalue weighted by Gasteiger charge is 2.23. The monoisotopic (exact) mass is 256 g/mol. The maximum absolute atomic E-state index is 4.01. The van der Waals surface area contributed by atoms with E-state index in [0.29, 0.717) is 0 Å². The molecule has 0 radical (unpaired) electrons. The molecule has 2 rings (SSSR count). The molecular formula is C19H28. The third-order valence-electron chi connectivity index (χ3n) is 4.76. The van der Waals surface area contributed by atoms with Crippen molar-refractivity contribution in [2.45, 2.75) is 64.7 Å². The second kappa shape index (κ2) is 6.93. The molecule has 104 valence electrons. The molecule has 1 fully saturated rings. The molecule has 0 atom stereocenters. The van der Waals surface area contributed by atoms with Gasteiger partial charge in [0, 0.05) is 0 Å². The summed E-state index contributed by atoms with van der Waals surface area (Å²) < 4.78 is 0. The zero-order valence-electron chi connectivity index (χ0n) is 12.6. The fourth-order valence-electron chi connectivity index (χ4n) is 3.56. The Balaban J connectivity index is 2.08. The van der Waals surface area contributed by atoms with Crippen LogP contribution in [0.25, 0.3) is 6.08 Å². The van der Waals surface area contributed by atoms with E-state index >= 15 is 0 Å². The molecule has 1 aromatic carbocycles. The smallest absolute Gasteiger partial charge is 0.0156 e. The maximum Gasteiger partial charge on any atom is -0.0156 e. The molecule has 0 unspecified atom stereocenters. The molecule has 0 spiro atoms. The average Bonchev–Trinajstić information content (AvgIpc) is 2.48. The zero-order chi connectivity index (χ0) is 13.7. The minimum atomic E-state index is 0.770. The van der Waals surface area contributed by atoms with Gasteiger partial charge in [-0.05, 0) is 60.6 Å². The molecule has 19 heavy (non-hydrogen) atoms. The van der Waals surface area contributed by atoms with E-state index in [4.69, 9.17) is 0 Å². The van der Waals surface area contributed by atoms with Crippen LogP contribution in [0.3, 0.4) is 0 Å². The Kier molecular flexibility index (Phi) is 5.24. The van der Waals surface area contributed by atoms with Crippen molar-refractivity contribution in [1.82, 2.24) is 0 Å². The van der Waals surface area contributed by atoms with Gasteiger partial charge in [0.15, 0.2) is 0 Å². The first-order valence-electron chi connectivity index (χ1n) is 8.03. The lowest BCUT2D eigenvalue weighted by Crippen LogP contribution is -2.14. The van der Waals surface area contributed by atoms with Crippen LogP contribution in [0.1, 0.15) is 75.0 Å². The molecule has 0 nitrogen and oxygen atoms in total. The van der Waals surface area contributed by atoms with Gasteiger partial charge in [-0.2, -0.15) is 0 Å². The molecular weight excluding hydrogens is 228 g/mol. The molecule has 0 amide bonds. The molecule has 0 bridgehead atoms. The van der Waals surface area contributed by atoms with Gasteiger partial charge in [-0.15, -0.1) is 0 Å². The summed E-state index contributed by atoms with van der Waals surface area (Å²) in [7, 11) is 0. The first-order chi connectivity index (χ1) is 9.28. The molecule has 0 aliphatic heterocycles. The van der Waals surface area contributed by atoms with Crippen molar-refractivity contribution in [1.29, 1.82) is 0 Å². The summed E-state index contributed by atoms with van der Waals surface area (Å²) in [5.41, 5.74) is 4.35. The number of benzene rings is 1. The number of aryl methyl sites for hydroxylation is 1. The second-order valence-corrected chi connectivity index (χ2v) is 6.03. The molecule has 0 heterocycles. The third kappa shape index (κ3) is 3.49. The van der Waals surface area contributed by atoms with Crippen molar-refractivity contribution in [3.8, 4) is 0 Å². The van der Waals surface area contributed by atoms with E-state index in [1.54, 1.807) is 5.56 Å². The minimum Gasteiger partial charge on any atom is -0.0985 e. The number of hydrogen-bond acceptors (Lipinski definition) is 0. The Bertz CT molecular complexity index is 408. The van der Waals surface area contributed by atoms with Crippen LogP contribution in [-0.4, -0.2) is 0 Å². The van der Waals surface area contributed by atoms with Crippen LogP contribution in [0, 0.1) is 5.92 Å². The summed E-state index contributed by atoms with van der Waals surface area (Å²) in [6.45, 7) is 8.54. The standard InChI is InChI=1S/C19H28/c1-4-7-16-8-11-18(12-9-16)19-13-10-15(5-2)14-17(19)6-3/h6,10,13-14,16,18H,3-5,7-9,11-12H2,1-2H3. The Morgan fingerprint density at radius 1 is 1.16 bits per heavy atom. The van der Waals surface area contributed by atoms with Crippen molar-refractivity contribution in [3.05, 3.63) is 41.5 Å². The van der Waals surface area contributed by atoms with E-state index in [2.05, 4.69) is 38.6 Å². The fraction of sp³-hybridized carbons (Fsp3) is 0.579. The van der Waals surface area contributed by atoms with Gasteiger partial charge in [0.25, 0.3) is 0 Å². The highest BCUT2D eigenvalue weighted by atomic mass is 14.3. The minimum absolute atomic E-state index is 0.770. The molecule has 0 aromatic heterocycles. The van der Waals surface area contributed by atoms with E-state index in [1.807, 2.05) is 6.08 Å². The van der Waals surface area contributed by atoms with Gasteiger partial charge in [-0.1, -0.05) is 57.5 Å². The van der Waals surface area contributed by atoms with Gasteiger partial charge < -0.3 is 0 Å². The largest absolute Gasteiger partial charge is 0.0985 e. The van der Waals surface area contributed by atoms with E-state index < -0.39 is 0 Å². The van der Waals surface area contributed by atoms with Crippen LogP contribution in [0.5, 0.6) is 0 Å². The van der Waals surface area contributed by atoms with Crippen molar-refractivity contribution in [2.24, 2.45) is 5.92 Å². The van der Waals surface area contributed by atoms with Crippen molar-refractivity contribution >= 4 is 6.08 Å². The molecule has 1 saturated carbocycles. The summed E-state index contributed by atoms with van der Waals surface area (Å²) in [6, 6.07) is 7.00. The third-order valence-corrected chi connectivity index (χ3v) is 4.76. The van der Waals surface area contributed by atoms with E-state index in [-0.39, 0.29) is 0 Å². The lowest BCUT2D eigenvalue weighted by molar-refractivity contribution is 0.308. The predicted molar refractivity (Wildman–Crippen MR) is 85.5 cm³/mol. The Morgan fingerprint density at radius 2 is 1.89 bits per heavy atom. The quantitative estimate of drug-likeness (QED) is 0.609. The topological polar surface area (TPSA) is 0 Å². The SMILES string of the molecule is C=Cc1cc(CC)ccc1C1CCC(CCC)CC1. The predicted octanol–water partition coefficient (Wildman–Crippen LogP) is 5.97. The number of rotatable bonds is 5. The maximum atomic E-state index is 4.01. The van der Waals surface area contributed by atoms with Crippen LogP contribution >= 0.6 is 0 Å². The van der Waals surface area contributed by atoms with Crippen LogP contribution in [-0.2, 0) is 6.42 Å². The van der Waals surface area contributed by atoms with Crippen LogP contribution in [0.4, 0.5) is 0 Å². The van der Waals surface area contributed by atoms with Gasteiger partial charge in [0.1, 0.15) is 0 Å². The van der Waals surface area contributed by atoms with Crippen LogP contribution < -0.4 is 0 Å². The van der Waals surface area contributed by atoms with E-state index in [1.165, 1.54) is 49.7 Å². The summed E-state index contributed by atoms with van der Waals surface area (Å²) >= 11 is 0. The normalized spacial score (nSPS) is 23.3. The highest BCUT2D eigenvalue weighted by Crippen LogP contribution is 2.39. The number of hydrogen-bond donors (Lipinski definition) is 0. The molecule has 0 saturated heterocycles. The first-order valence-corrected chi connectivity index (χ1v) is 8.03. The van der Waals surface area contributed by atoms with Gasteiger partial charge >= 0.3 is 0 Å². The molecule has 0 N–H and O–H groups in total. The van der Waals surface area contributed by atoms with Crippen molar-refractivity contribution in [3.63, 3.8) is 0 Å². The van der Waals surface area contributed by atoms with Gasteiger partial charge in [-0.3, -0.25) is 0 Å².